The zero-order chi connectivity index (χ0) is 21.0. The van der Waals surface area contributed by atoms with Gasteiger partial charge in [0.2, 0.25) is 0 Å². The van der Waals surface area contributed by atoms with Crippen molar-refractivity contribution in [3.05, 3.63) is 18.7 Å². The first-order valence-electron chi connectivity index (χ1n) is 8.08. The van der Waals surface area contributed by atoms with E-state index in [0.717, 1.165) is 0 Å². The Labute approximate surface area is 247 Å². The number of anilines is 1. The summed E-state index contributed by atoms with van der Waals surface area (Å²) in [5.41, 5.74) is 0.477. The maximum Gasteiger partial charge on any atom is 1.00 e. The van der Waals surface area contributed by atoms with Gasteiger partial charge in [-0.15, -0.1) is 0 Å². The molecular formula is C12H14N5Na3O10P2. The van der Waals surface area contributed by atoms with Crippen LogP contribution < -0.4 is 109 Å². The van der Waals surface area contributed by atoms with Gasteiger partial charge in [0.25, 0.3) is 7.82 Å². The smallest absolute Gasteiger partial charge is 0.790 e. The van der Waals surface area contributed by atoms with E-state index < -0.39 is 46.8 Å². The fraction of sp³-hybridized carbons (Fsp3) is 0.500. The Morgan fingerprint density at radius 2 is 1.88 bits per heavy atom. The maximum absolute atomic E-state index is 11.4. The van der Waals surface area contributed by atoms with Crippen LogP contribution in [0.4, 0.5) is 5.82 Å². The van der Waals surface area contributed by atoms with Crippen LogP contribution in [0.2, 0.25) is 0 Å². The van der Waals surface area contributed by atoms with E-state index in [2.05, 4.69) is 24.1 Å². The second kappa shape index (κ2) is 12.1. The first-order valence-corrected chi connectivity index (χ1v) is 11.0. The standard InChI is InChI=1S/C12H17N5O10P2.3Na/c18-8-6(3-25-29(23,24)27-28(20,21)22)26-12(9(8)19)17-5-14-7-10-13-1-2-16(10)4-15-11(7)17;;;/h1-2,5-6,8-9,12,15,18-19H,3-4H2,(H,23,24)(H2,20,21,22);;;/q;3*+1/p-3/t6-,8-,9-,12-;;;/m1.../s1. The molecule has 0 bridgehead atoms. The molecule has 4 rings (SSSR count). The SMILES string of the molecule is O=P([O-])([O-])OP(=O)([O-])OC[C@H]1O[C@@H](n2cnc3c2NCn2ccnc2-3)[C@H](O)[C@@H]1O.[Na+].[Na+].[Na+]. The number of fused-ring (bicyclic) bond motifs is 3. The number of hydrogen-bond acceptors (Lipinski definition) is 13. The number of hydrogen-bond donors (Lipinski definition) is 3. The molecule has 0 saturated carbocycles. The molecule has 2 aromatic heterocycles. The summed E-state index contributed by atoms with van der Waals surface area (Å²) in [6.07, 6.45) is -0.942. The van der Waals surface area contributed by atoms with Crippen molar-refractivity contribution < 1.29 is 136 Å². The molecule has 160 valence electrons. The molecule has 1 fully saturated rings. The van der Waals surface area contributed by atoms with Crippen molar-refractivity contribution in [1.82, 2.24) is 19.1 Å². The van der Waals surface area contributed by atoms with Gasteiger partial charge in [0.15, 0.2) is 12.1 Å². The van der Waals surface area contributed by atoms with Crippen molar-refractivity contribution >= 4 is 21.5 Å². The zero-order valence-electron chi connectivity index (χ0n) is 17.3. The molecule has 0 radical (unpaired) electrons. The first kappa shape index (κ1) is 31.4. The predicted octanol–water partition coefficient (Wildman–Crippen LogP) is -11.9. The van der Waals surface area contributed by atoms with Crippen molar-refractivity contribution in [2.45, 2.75) is 31.2 Å². The van der Waals surface area contributed by atoms with Crippen LogP contribution in [0.5, 0.6) is 0 Å². The zero-order valence-corrected chi connectivity index (χ0v) is 25.1. The third-order valence-corrected chi connectivity index (χ3v) is 6.41. The van der Waals surface area contributed by atoms with E-state index in [1.807, 2.05) is 0 Å². The molecule has 32 heavy (non-hydrogen) atoms. The fourth-order valence-corrected chi connectivity index (χ4v) is 4.61. The van der Waals surface area contributed by atoms with E-state index in [4.69, 9.17) is 4.74 Å². The van der Waals surface area contributed by atoms with Crippen molar-refractivity contribution in [2.24, 2.45) is 0 Å². The summed E-state index contributed by atoms with van der Waals surface area (Å²) in [5, 5.41) is 23.5. The van der Waals surface area contributed by atoms with E-state index in [1.165, 1.54) is 10.9 Å². The molecule has 4 heterocycles. The van der Waals surface area contributed by atoms with E-state index >= 15 is 0 Å². The summed E-state index contributed by atoms with van der Waals surface area (Å²) in [4.78, 5) is 40.6. The van der Waals surface area contributed by atoms with Crippen LogP contribution in [-0.4, -0.2) is 54.2 Å². The van der Waals surface area contributed by atoms with Crippen molar-refractivity contribution in [3.63, 3.8) is 0 Å². The van der Waals surface area contributed by atoms with Gasteiger partial charge in [-0.1, -0.05) is 0 Å². The van der Waals surface area contributed by atoms with Crippen LogP contribution in [0, 0.1) is 0 Å². The molecule has 1 unspecified atom stereocenters. The van der Waals surface area contributed by atoms with Gasteiger partial charge >= 0.3 is 88.7 Å². The molecule has 2 aliphatic rings. The number of phosphoric ester groups is 1. The molecule has 20 heteroatoms. The number of imidazole rings is 2. The van der Waals surface area contributed by atoms with Gasteiger partial charge in [-0.25, -0.2) is 9.97 Å². The van der Waals surface area contributed by atoms with Crippen LogP contribution in [0.3, 0.4) is 0 Å². The van der Waals surface area contributed by atoms with Crippen molar-refractivity contribution in [3.8, 4) is 11.5 Å². The Hall–Kier alpha value is 1.36. The Kier molecular flexibility index (Phi) is 11.8. The Balaban J connectivity index is 0.00000171. The summed E-state index contributed by atoms with van der Waals surface area (Å²) in [6.45, 7) is -0.530. The fourth-order valence-electron chi connectivity index (χ4n) is 3.11. The number of nitrogens with one attached hydrogen (secondary N) is 1. The topological polar surface area (TPSA) is 219 Å². The van der Waals surface area contributed by atoms with Gasteiger partial charge in [0.05, 0.1) is 27.4 Å². The van der Waals surface area contributed by atoms with Crippen LogP contribution >= 0.6 is 15.6 Å². The first-order chi connectivity index (χ1) is 13.6. The number of aliphatic hydroxyl groups excluding tert-OH is 2. The van der Waals surface area contributed by atoms with E-state index in [0.29, 0.717) is 24.0 Å². The van der Waals surface area contributed by atoms with E-state index in [1.54, 1.807) is 17.0 Å². The summed E-state index contributed by atoms with van der Waals surface area (Å²) < 4.78 is 38.1. The summed E-state index contributed by atoms with van der Waals surface area (Å²) >= 11 is 0. The number of ether oxygens (including phenoxy) is 1. The minimum atomic E-state index is -5.84. The number of aromatic nitrogens is 4. The van der Waals surface area contributed by atoms with Gasteiger partial charge in [-0.05, 0) is 0 Å². The average Bonchev–Trinajstić information content (AvgIpc) is 3.29. The molecule has 0 amide bonds. The molecule has 2 aliphatic heterocycles. The van der Waals surface area contributed by atoms with Crippen molar-refractivity contribution in [2.75, 3.05) is 11.9 Å². The summed E-state index contributed by atoms with van der Waals surface area (Å²) in [7, 11) is -11.3. The molecule has 0 aliphatic carbocycles. The molecule has 2 aromatic rings. The quantitative estimate of drug-likeness (QED) is 0.239. The van der Waals surface area contributed by atoms with Gasteiger partial charge in [-0.3, -0.25) is 13.4 Å². The van der Waals surface area contributed by atoms with Crippen LogP contribution in [0.1, 0.15) is 6.23 Å². The second-order valence-electron chi connectivity index (χ2n) is 6.22. The summed E-state index contributed by atoms with van der Waals surface area (Å²) in [6, 6.07) is 0. The van der Waals surface area contributed by atoms with Crippen molar-refractivity contribution in [1.29, 1.82) is 0 Å². The van der Waals surface area contributed by atoms with E-state index in [9.17, 15) is 34.0 Å². The number of nitrogens with zero attached hydrogens (tertiary/aromatic N) is 4. The monoisotopic (exact) mass is 519 g/mol. The van der Waals surface area contributed by atoms with Gasteiger partial charge < -0.3 is 48.6 Å². The molecular weight excluding hydrogens is 505 g/mol. The molecule has 5 atom stereocenters. The average molecular weight is 519 g/mol. The van der Waals surface area contributed by atoms with Gasteiger partial charge in [0, 0.05) is 12.4 Å². The molecule has 1 saturated heterocycles. The van der Waals surface area contributed by atoms with E-state index in [-0.39, 0.29) is 88.7 Å². The van der Waals surface area contributed by atoms with Gasteiger partial charge in [-0.2, -0.15) is 0 Å². The number of aliphatic hydroxyl groups is 2. The number of rotatable bonds is 6. The Bertz CT molecular complexity index is 1020. The van der Waals surface area contributed by atoms with Crippen LogP contribution in [-0.2, 0) is 29.4 Å². The summed E-state index contributed by atoms with van der Waals surface area (Å²) in [5.74, 6) is 1.03. The minimum absolute atomic E-state index is 0. The second-order valence-corrected chi connectivity index (χ2v) is 8.92. The third kappa shape index (κ3) is 6.77. The normalized spacial score (nSPS) is 25.8. The Morgan fingerprint density at radius 3 is 2.53 bits per heavy atom. The number of phosphoric acid groups is 2. The largest absolute Gasteiger partial charge is 1.00 e. The van der Waals surface area contributed by atoms with Crippen LogP contribution in [0.15, 0.2) is 18.7 Å². The predicted molar refractivity (Wildman–Crippen MR) is 85.2 cm³/mol. The molecule has 15 nitrogen and oxygen atoms in total. The molecule has 3 N–H and O–H groups in total. The van der Waals surface area contributed by atoms with Crippen LogP contribution in [0.25, 0.3) is 11.5 Å². The molecule has 0 spiro atoms. The van der Waals surface area contributed by atoms with Gasteiger partial charge in [0.1, 0.15) is 29.8 Å². The maximum atomic E-state index is 11.4. The molecule has 0 aromatic carbocycles. The Morgan fingerprint density at radius 1 is 1.19 bits per heavy atom. The minimum Gasteiger partial charge on any atom is -0.790 e. The third-order valence-electron chi connectivity index (χ3n) is 4.35.